The molecule has 1 saturated heterocycles. The molecule has 90 valence electrons. The van der Waals surface area contributed by atoms with Gasteiger partial charge in [0.15, 0.2) is 0 Å². The van der Waals surface area contributed by atoms with Gasteiger partial charge in [0.1, 0.15) is 0 Å². The summed E-state index contributed by atoms with van der Waals surface area (Å²) in [6, 6.07) is 2.62. The fourth-order valence-electron chi connectivity index (χ4n) is 2.51. The van der Waals surface area contributed by atoms with Crippen molar-refractivity contribution in [3.05, 3.63) is 18.0 Å². The molecule has 16 heavy (non-hydrogen) atoms. The Morgan fingerprint density at radius 2 is 2.38 bits per heavy atom. The van der Waals surface area contributed by atoms with Gasteiger partial charge in [-0.2, -0.15) is 5.10 Å². The van der Waals surface area contributed by atoms with Gasteiger partial charge in [0, 0.05) is 32.4 Å². The first-order valence-corrected chi connectivity index (χ1v) is 6.11. The van der Waals surface area contributed by atoms with Crippen LogP contribution in [0.5, 0.6) is 0 Å². The third-order valence-electron chi connectivity index (χ3n) is 3.51. The van der Waals surface area contributed by atoms with Gasteiger partial charge < -0.3 is 5.73 Å². The molecule has 2 unspecified atom stereocenters. The Balaban J connectivity index is 1.97. The van der Waals surface area contributed by atoms with Gasteiger partial charge in [0.25, 0.3) is 0 Å². The fraction of sp³-hybridized carbons (Fsp3) is 0.750. The number of hydrogen-bond donors (Lipinski definition) is 1. The first-order valence-electron chi connectivity index (χ1n) is 6.11. The number of nitrogens with zero attached hydrogens (tertiary/aromatic N) is 3. The van der Waals surface area contributed by atoms with Crippen LogP contribution in [0.1, 0.15) is 25.5 Å². The minimum atomic E-state index is 0.533. The second kappa shape index (κ2) is 4.97. The zero-order chi connectivity index (χ0) is 11.5. The van der Waals surface area contributed by atoms with Crippen molar-refractivity contribution < 1.29 is 0 Å². The highest BCUT2D eigenvalue weighted by atomic mass is 15.3. The predicted molar refractivity (Wildman–Crippen MR) is 64.9 cm³/mol. The first kappa shape index (κ1) is 11.6. The second-order valence-electron chi connectivity index (χ2n) is 4.97. The molecule has 0 aromatic carbocycles. The third-order valence-corrected chi connectivity index (χ3v) is 3.51. The van der Waals surface area contributed by atoms with E-state index >= 15 is 0 Å². The van der Waals surface area contributed by atoms with E-state index in [9.17, 15) is 0 Å². The van der Waals surface area contributed by atoms with Crippen LogP contribution in [0.4, 0.5) is 0 Å². The molecule has 1 aliphatic heterocycles. The molecule has 2 heterocycles. The van der Waals surface area contributed by atoms with Crippen molar-refractivity contribution in [3.63, 3.8) is 0 Å². The van der Waals surface area contributed by atoms with E-state index in [1.807, 2.05) is 17.9 Å². The summed E-state index contributed by atoms with van der Waals surface area (Å²) >= 11 is 0. The SMILES string of the molecule is CC1CCN(Cc2ccn(C)n2)C(CN)C1. The molecule has 1 aromatic rings. The summed E-state index contributed by atoms with van der Waals surface area (Å²) in [5, 5.41) is 4.43. The normalized spacial score (nSPS) is 27.2. The number of likely N-dealkylation sites (tertiary alicyclic amines) is 1. The van der Waals surface area contributed by atoms with Crippen molar-refractivity contribution in [1.29, 1.82) is 0 Å². The largest absolute Gasteiger partial charge is 0.329 e. The van der Waals surface area contributed by atoms with Crippen molar-refractivity contribution >= 4 is 0 Å². The van der Waals surface area contributed by atoms with Gasteiger partial charge >= 0.3 is 0 Å². The van der Waals surface area contributed by atoms with Gasteiger partial charge in [-0.25, -0.2) is 0 Å². The Morgan fingerprint density at radius 3 is 3.00 bits per heavy atom. The van der Waals surface area contributed by atoms with Crippen molar-refractivity contribution in [3.8, 4) is 0 Å². The van der Waals surface area contributed by atoms with Crippen molar-refractivity contribution in [2.75, 3.05) is 13.1 Å². The molecule has 0 aliphatic carbocycles. The molecular formula is C12H22N4. The quantitative estimate of drug-likeness (QED) is 0.829. The van der Waals surface area contributed by atoms with E-state index in [-0.39, 0.29) is 0 Å². The topological polar surface area (TPSA) is 47.1 Å². The van der Waals surface area contributed by atoms with Crippen LogP contribution in [-0.2, 0) is 13.6 Å². The number of nitrogens with two attached hydrogens (primary N) is 1. The zero-order valence-electron chi connectivity index (χ0n) is 10.3. The minimum absolute atomic E-state index is 0.533. The maximum Gasteiger partial charge on any atom is 0.0764 e. The van der Waals surface area contributed by atoms with Gasteiger partial charge in [-0.15, -0.1) is 0 Å². The van der Waals surface area contributed by atoms with Crippen LogP contribution in [0.2, 0.25) is 0 Å². The van der Waals surface area contributed by atoms with Crippen molar-refractivity contribution in [2.24, 2.45) is 18.7 Å². The van der Waals surface area contributed by atoms with E-state index in [0.717, 1.165) is 31.2 Å². The molecule has 1 aliphatic rings. The van der Waals surface area contributed by atoms with Gasteiger partial charge in [0.2, 0.25) is 0 Å². The molecule has 0 saturated carbocycles. The van der Waals surface area contributed by atoms with E-state index in [0.29, 0.717) is 6.04 Å². The average Bonchev–Trinajstić information content (AvgIpc) is 2.67. The lowest BCUT2D eigenvalue weighted by molar-refractivity contribution is 0.113. The number of aromatic nitrogens is 2. The summed E-state index contributed by atoms with van der Waals surface area (Å²) in [6.45, 7) is 5.17. The molecule has 0 radical (unpaired) electrons. The van der Waals surface area contributed by atoms with Crippen LogP contribution in [-0.4, -0.2) is 33.8 Å². The number of hydrogen-bond acceptors (Lipinski definition) is 3. The van der Waals surface area contributed by atoms with Gasteiger partial charge in [-0.05, 0) is 31.4 Å². The maximum atomic E-state index is 5.85. The zero-order valence-corrected chi connectivity index (χ0v) is 10.3. The number of aryl methyl sites for hydroxylation is 1. The van der Waals surface area contributed by atoms with Crippen LogP contribution in [0, 0.1) is 5.92 Å². The Kier molecular flexibility index (Phi) is 3.61. The Hall–Kier alpha value is -0.870. The van der Waals surface area contributed by atoms with Gasteiger partial charge in [0.05, 0.1) is 5.69 Å². The smallest absolute Gasteiger partial charge is 0.0764 e. The van der Waals surface area contributed by atoms with E-state index in [1.54, 1.807) is 0 Å². The lowest BCUT2D eigenvalue weighted by Crippen LogP contribution is -2.45. The number of piperidine rings is 1. The Bertz CT molecular complexity index is 334. The van der Waals surface area contributed by atoms with E-state index in [2.05, 4.69) is 23.0 Å². The Labute approximate surface area is 97.4 Å². The summed E-state index contributed by atoms with van der Waals surface area (Å²) in [6.07, 6.45) is 4.51. The van der Waals surface area contributed by atoms with Crippen LogP contribution < -0.4 is 5.73 Å². The van der Waals surface area contributed by atoms with E-state index in [1.165, 1.54) is 12.8 Å². The van der Waals surface area contributed by atoms with E-state index < -0.39 is 0 Å². The maximum absolute atomic E-state index is 5.85. The lowest BCUT2D eigenvalue weighted by atomic mass is 9.92. The van der Waals surface area contributed by atoms with Crippen LogP contribution in [0.15, 0.2) is 12.3 Å². The molecule has 1 aromatic heterocycles. The third kappa shape index (κ3) is 2.62. The van der Waals surface area contributed by atoms with Crippen molar-refractivity contribution in [2.45, 2.75) is 32.4 Å². The molecule has 4 nitrogen and oxygen atoms in total. The van der Waals surface area contributed by atoms with Crippen LogP contribution in [0.3, 0.4) is 0 Å². The fourth-order valence-corrected chi connectivity index (χ4v) is 2.51. The molecule has 1 fully saturated rings. The van der Waals surface area contributed by atoms with Crippen LogP contribution in [0.25, 0.3) is 0 Å². The van der Waals surface area contributed by atoms with Crippen molar-refractivity contribution in [1.82, 2.24) is 14.7 Å². The molecule has 0 amide bonds. The summed E-state index contributed by atoms with van der Waals surface area (Å²) in [7, 11) is 1.96. The monoisotopic (exact) mass is 222 g/mol. The van der Waals surface area contributed by atoms with Crippen LogP contribution >= 0.6 is 0 Å². The summed E-state index contributed by atoms with van der Waals surface area (Å²) < 4.78 is 1.86. The second-order valence-corrected chi connectivity index (χ2v) is 4.97. The predicted octanol–water partition coefficient (Wildman–Crippen LogP) is 0.979. The molecular weight excluding hydrogens is 200 g/mol. The highest BCUT2D eigenvalue weighted by Crippen LogP contribution is 2.23. The first-order chi connectivity index (χ1) is 7.69. The summed E-state index contributed by atoms with van der Waals surface area (Å²) in [5.74, 6) is 0.813. The average molecular weight is 222 g/mol. The Morgan fingerprint density at radius 1 is 1.56 bits per heavy atom. The standard InChI is InChI=1S/C12H22N4/c1-10-3-6-16(12(7-10)8-13)9-11-4-5-15(2)14-11/h4-5,10,12H,3,6-9,13H2,1-2H3. The molecule has 2 atom stereocenters. The lowest BCUT2D eigenvalue weighted by Gasteiger charge is -2.37. The number of rotatable bonds is 3. The summed E-state index contributed by atoms with van der Waals surface area (Å²) in [4.78, 5) is 2.47. The molecule has 0 spiro atoms. The van der Waals surface area contributed by atoms with Gasteiger partial charge in [-0.1, -0.05) is 6.92 Å². The molecule has 2 N–H and O–H groups in total. The summed E-state index contributed by atoms with van der Waals surface area (Å²) in [5.41, 5.74) is 7.00. The molecule has 4 heteroatoms. The van der Waals surface area contributed by atoms with Gasteiger partial charge in [-0.3, -0.25) is 9.58 Å². The van der Waals surface area contributed by atoms with E-state index in [4.69, 9.17) is 5.73 Å². The molecule has 0 bridgehead atoms. The highest BCUT2D eigenvalue weighted by Gasteiger charge is 2.25. The highest BCUT2D eigenvalue weighted by molar-refractivity contribution is 4.99. The molecule has 2 rings (SSSR count). The minimum Gasteiger partial charge on any atom is -0.329 e.